The molecular formula is C14H7BrN2O4S. The number of nitrogens with zero attached hydrogens (tertiary/aromatic N) is 2. The Morgan fingerprint density at radius 3 is 2.64 bits per heavy atom. The zero-order valence-corrected chi connectivity index (χ0v) is 13.3. The fourth-order valence-electron chi connectivity index (χ4n) is 1.80. The average molecular weight is 379 g/mol. The van der Waals surface area contributed by atoms with Crippen molar-refractivity contribution in [2.45, 2.75) is 0 Å². The largest absolute Gasteiger partial charge is 0.402 e. The summed E-state index contributed by atoms with van der Waals surface area (Å²) in [6.07, 6.45) is 1.64. The third kappa shape index (κ3) is 2.97. The lowest BCUT2D eigenvalue weighted by Gasteiger charge is -1.98. The summed E-state index contributed by atoms with van der Waals surface area (Å²) < 4.78 is 6.03. The van der Waals surface area contributed by atoms with Gasteiger partial charge in [-0.3, -0.25) is 10.1 Å². The molecule has 0 fully saturated rings. The summed E-state index contributed by atoms with van der Waals surface area (Å²) in [5.41, 5.74) is 0.672. The third-order valence-corrected chi connectivity index (χ3v) is 4.45. The number of non-ortho nitro benzene ring substituents is 1. The van der Waals surface area contributed by atoms with Crippen molar-refractivity contribution in [3.63, 3.8) is 0 Å². The minimum absolute atomic E-state index is 0.0344. The summed E-state index contributed by atoms with van der Waals surface area (Å²) in [6.45, 7) is 0. The lowest BCUT2D eigenvalue weighted by atomic mass is 10.2. The van der Waals surface area contributed by atoms with Crippen LogP contribution in [-0.4, -0.2) is 16.8 Å². The van der Waals surface area contributed by atoms with Gasteiger partial charge in [0, 0.05) is 32.4 Å². The number of aliphatic imine (C=N–C) groups is 1. The first kappa shape index (κ1) is 14.6. The van der Waals surface area contributed by atoms with E-state index in [1.54, 1.807) is 6.08 Å². The van der Waals surface area contributed by atoms with E-state index in [1.165, 1.54) is 35.6 Å². The predicted molar refractivity (Wildman–Crippen MR) is 85.7 cm³/mol. The second-order valence-corrected chi connectivity index (χ2v) is 6.17. The summed E-state index contributed by atoms with van der Waals surface area (Å²) in [5, 5.41) is 12.5. The molecule has 1 aromatic heterocycles. The smallest absolute Gasteiger partial charge is 0.363 e. The second-order valence-electron chi connectivity index (χ2n) is 4.31. The molecule has 0 atom stereocenters. The van der Waals surface area contributed by atoms with E-state index in [0.717, 1.165) is 9.35 Å². The third-order valence-electron chi connectivity index (χ3n) is 2.81. The molecule has 1 aliphatic heterocycles. The van der Waals surface area contributed by atoms with Gasteiger partial charge in [-0.2, -0.15) is 0 Å². The van der Waals surface area contributed by atoms with Gasteiger partial charge in [-0.1, -0.05) is 0 Å². The highest BCUT2D eigenvalue weighted by atomic mass is 79.9. The Bertz CT molecular complexity index is 824. The Morgan fingerprint density at radius 1 is 1.32 bits per heavy atom. The molecule has 0 radical (unpaired) electrons. The summed E-state index contributed by atoms with van der Waals surface area (Å²) in [5.74, 6) is -0.403. The first-order valence-corrected chi connectivity index (χ1v) is 7.71. The molecular weight excluding hydrogens is 372 g/mol. The maximum absolute atomic E-state index is 11.8. The van der Waals surface area contributed by atoms with Crippen LogP contribution in [0.15, 0.2) is 50.9 Å². The Balaban J connectivity index is 1.89. The molecule has 0 saturated heterocycles. The van der Waals surface area contributed by atoms with Gasteiger partial charge < -0.3 is 4.74 Å². The van der Waals surface area contributed by atoms with Crippen molar-refractivity contribution in [2.24, 2.45) is 4.99 Å². The van der Waals surface area contributed by atoms with Gasteiger partial charge in [0.1, 0.15) is 0 Å². The van der Waals surface area contributed by atoms with Crippen molar-refractivity contribution in [2.75, 3.05) is 0 Å². The molecule has 1 aromatic carbocycles. The minimum Gasteiger partial charge on any atom is -0.402 e. The van der Waals surface area contributed by atoms with Crippen LogP contribution in [-0.2, 0) is 9.53 Å². The Kier molecular flexibility index (Phi) is 3.86. The van der Waals surface area contributed by atoms with Gasteiger partial charge in [-0.05, 0) is 40.2 Å². The van der Waals surface area contributed by atoms with Gasteiger partial charge >= 0.3 is 5.97 Å². The molecule has 0 spiro atoms. The van der Waals surface area contributed by atoms with E-state index >= 15 is 0 Å². The van der Waals surface area contributed by atoms with Gasteiger partial charge in [-0.15, -0.1) is 11.3 Å². The van der Waals surface area contributed by atoms with E-state index in [2.05, 4.69) is 20.9 Å². The number of nitro groups is 1. The highest BCUT2D eigenvalue weighted by molar-refractivity contribution is 9.10. The molecule has 6 nitrogen and oxygen atoms in total. The van der Waals surface area contributed by atoms with E-state index in [0.29, 0.717) is 5.56 Å². The van der Waals surface area contributed by atoms with Gasteiger partial charge in [0.25, 0.3) is 5.69 Å². The molecule has 22 heavy (non-hydrogen) atoms. The molecule has 3 rings (SSSR count). The number of ether oxygens (including phenoxy) is 1. The Labute approximate surface area is 137 Å². The molecule has 0 unspecified atom stereocenters. The molecule has 1 aliphatic rings. The number of thiophene rings is 1. The van der Waals surface area contributed by atoms with Gasteiger partial charge in [0.2, 0.25) is 5.90 Å². The maximum Gasteiger partial charge on any atom is 0.363 e. The lowest BCUT2D eigenvalue weighted by molar-refractivity contribution is -0.384. The summed E-state index contributed by atoms with van der Waals surface area (Å²) in [7, 11) is 0. The topological polar surface area (TPSA) is 81.8 Å². The van der Waals surface area contributed by atoms with E-state index in [4.69, 9.17) is 4.74 Å². The van der Waals surface area contributed by atoms with Crippen LogP contribution in [0.5, 0.6) is 0 Å². The molecule has 2 aromatic rings. The normalized spacial score (nSPS) is 15.8. The predicted octanol–water partition coefficient (Wildman–Crippen LogP) is 3.76. The lowest BCUT2D eigenvalue weighted by Crippen LogP contribution is -2.05. The van der Waals surface area contributed by atoms with E-state index in [1.807, 2.05) is 11.4 Å². The van der Waals surface area contributed by atoms with Crippen LogP contribution >= 0.6 is 27.3 Å². The van der Waals surface area contributed by atoms with Gasteiger partial charge in [0.15, 0.2) is 5.70 Å². The standard InChI is InChI=1S/C14H7BrN2O4S/c15-9-5-11(22-7-9)6-12-14(18)21-13(16-12)8-1-3-10(4-2-8)17(19)20/h1-7H. The number of halogens is 1. The van der Waals surface area contributed by atoms with Crippen molar-refractivity contribution < 1.29 is 14.5 Å². The fourth-order valence-corrected chi connectivity index (χ4v) is 3.17. The van der Waals surface area contributed by atoms with Crippen molar-refractivity contribution >= 4 is 50.9 Å². The van der Waals surface area contributed by atoms with Crippen LogP contribution in [0.2, 0.25) is 0 Å². The number of hydrogen-bond donors (Lipinski definition) is 0. The number of nitro benzene ring substituents is 1. The molecule has 8 heteroatoms. The van der Waals surface area contributed by atoms with Gasteiger partial charge in [-0.25, -0.2) is 9.79 Å². The van der Waals surface area contributed by atoms with E-state index in [9.17, 15) is 14.9 Å². The van der Waals surface area contributed by atoms with E-state index in [-0.39, 0.29) is 17.3 Å². The number of cyclic esters (lactones) is 1. The quantitative estimate of drug-likeness (QED) is 0.352. The van der Waals surface area contributed by atoms with Crippen LogP contribution in [0, 0.1) is 10.1 Å². The SMILES string of the molecule is O=C1OC(c2ccc([N+](=O)[O-])cc2)=NC1=Cc1cc(Br)cs1. The van der Waals surface area contributed by atoms with Crippen LogP contribution < -0.4 is 0 Å². The number of benzene rings is 1. The molecule has 110 valence electrons. The fraction of sp³-hybridized carbons (Fsp3) is 0. The van der Waals surface area contributed by atoms with Crippen LogP contribution in [0.3, 0.4) is 0 Å². The Hall–Kier alpha value is -2.32. The zero-order chi connectivity index (χ0) is 15.7. The van der Waals surface area contributed by atoms with Gasteiger partial charge in [0.05, 0.1) is 4.92 Å². The van der Waals surface area contributed by atoms with Crippen molar-refractivity contribution in [1.29, 1.82) is 0 Å². The first-order valence-electron chi connectivity index (χ1n) is 6.04. The Morgan fingerprint density at radius 2 is 2.05 bits per heavy atom. The molecule has 0 saturated carbocycles. The molecule has 0 bridgehead atoms. The molecule has 0 aliphatic carbocycles. The maximum atomic E-state index is 11.8. The number of esters is 1. The number of hydrogen-bond acceptors (Lipinski definition) is 6. The van der Waals surface area contributed by atoms with Crippen LogP contribution in [0.1, 0.15) is 10.4 Å². The summed E-state index contributed by atoms with van der Waals surface area (Å²) in [6, 6.07) is 7.53. The summed E-state index contributed by atoms with van der Waals surface area (Å²) in [4.78, 5) is 27.0. The summed E-state index contributed by atoms with van der Waals surface area (Å²) >= 11 is 4.80. The van der Waals surface area contributed by atoms with Crippen LogP contribution in [0.4, 0.5) is 5.69 Å². The van der Waals surface area contributed by atoms with E-state index < -0.39 is 10.9 Å². The first-order chi connectivity index (χ1) is 10.5. The minimum atomic E-state index is -0.544. The number of carbonyl (C=O) groups is 1. The van der Waals surface area contributed by atoms with Crippen molar-refractivity contribution in [1.82, 2.24) is 0 Å². The highest BCUT2D eigenvalue weighted by Crippen LogP contribution is 2.25. The second kappa shape index (κ2) is 5.82. The van der Waals surface area contributed by atoms with Crippen LogP contribution in [0.25, 0.3) is 6.08 Å². The van der Waals surface area contributed by atoms with Crippen molar-refractivity contribution in [3.05, 3.63) is 66.4 Å². The zero-order valence-electron chi connectivity index (χ0n) is 10.9. The molecule has 2 heterocycles. The highest BCUT2D eigenvalue weighted by Gasteiger charge is 2.24. The molecule has 0 amide bonds. The number of rotatable bonds is 3. The van der Waals surface area contributed by atoms with Crippen molar-refractivity contribution in [3.8, 4) is 0 Å². The average Bonchev–Trinajstić information content (AvgIpc) is 3.06. The number of carbonyl (C=O) groups excluding carboxylic acids is 1. The molecule has 0 N–H and O–H groups in total. The monoisotopic (exact) mass is 378 g/mol.